The Morgan fingerprint density at radius 3 is 2.52 bits per heavy atom. The van der Waals surface area contributed by atoms with Crippen LogP contribution in [-0.2, 0) is 0 Å². The van der Waals surface area contributed by atoms with E-state index < -0.39 is 17.2 Å². The van der Waals surface area contributed by atoms with E-state index in [0.29, 0.717) is 0 Å². The Bertz CT molecular complexity index is 967. The van der Waals surface area contributed by atoms with Crippen LogP contribution in [0.2, 0.25) is 0 Å². The number of hydrogen-bond acceptors (Lipinski definition) is 3. The van der Waals surface area contributed by atoms with E-state index in [4.69, 9.17) is 0 Å². The zero-order valence-corrected chi connectivity index (χ0v) is 13.9. The van der Waals surface area contributed by atoms with Gasteiger partial charge in [-0.3, -0.25) is 14.7 Å². The monoisotopic (exact) mass is 339 g/mol. The SMILES string of the molecule is CC(C)C(NC(=O)c1n[nH]c2c(F)cccc2c1=O)c1ccccc1. The molecule has 0 aliphatic carbocycles. The number of fused-ring (bicyclic) bond motifs is 1. The second-order valence-corrected chi connectivity index (χ2v) is 6.17. The number of nitrogens with zero attached hydrogens (tertiary/aromatic N) is 1. The Morgan fingerprint density at radius 2 is 1.84 bits per heavy atom. The van der Waals surface area contributed by atoms with E-state index in [1.807, 2.05) is 44.2 Å². The fourth-order valence-corrected chi connectivity index (χ4v) is 2.78. The molecule has 1 amide bonds. The van der Waals surface area contributed by atoms with Gasteiger partial charge in [0.2, 0.25) is 5.43 Å². The lowest BCUT2D eigenvalue weighted by atomic mass is 9.96. The first kappa shape index (κ1) is 16.8. The molecule has 0 aliphatic rings. The molecular weight excluding hydrogens is 321 g/mol. The summed E-state index contributed by atoms with van der Waals surface area (Å²) in [6, 6.07) is 13.4. The molecule has 0 spiro atoms. The maximum Gasteiger partial charge on any atom is 0.276 e. The molecule has 25 heavy (non-hydrogen) atoms. The van der Waals surface area contributed by atoms with E-state index in [-0.39, 0.29) is 28.6 Å². The lowest BCUT2D eigenvalue weighted by molar-refractivity contribution is 0.0918. The highest BCUT2D eigenvalue weighted by molar-refractivity contribution is 5.95. The molecular formula is C19H18FN3O2. The van der Waals surface area contributed by atoms with Crippen LogP contribution in [0.1, 0.15) is 35.9 Å². The highest BCUT2D eigenvalue weighted by Crippen LogP contribution is 2.21. The lowest BCUT2D eigenvalue weighted by Crippen LogP contribution is -2.35. The van der Waals surface area contributed by atoms with Gasteiger partial charge in [-0.05, 0) is 23.6 Å². The number of halogens is 1. The van der Waals surface area contributed by atoms with Crippen molar-refractivity contribution in [2.24, 2.45) is 5.92 Å². The molecule has 1 unspecified atom stereocenters. The molecule has 3 rings (SSSR count). The number of hydrogen-bond donors (Lipinski definition) is 2. The van der Waals surface area contributed by atoms with Crippen LogP contribution in [-0.4, -0.2) is 16.1 Å². The molecule has 0 fully saturated rings. The van der Waals surface area contributed by atoms with Crippen molar-refractivity contribution >= 4 is 16.8 Å². The molecule has 0 saturated carbocycles. The van der Waals surface area contributed by atoms with Gasteiger partial charge in [0.15, 0.2) is 5.69 Å². The molecule has 0 bridgehead atoms. The van der Waals surface area contributed by atoms with Gasteiger partial charge < -0.3 is 5.32 Å². The fourth-order valence-electron chi connectivity index (χ4n) is 2.78. The first-order chi connectivity index (χ1) is 12.0. The third-order valence-electron chi connectivity index (χ3n) is 4.08. The van der Waals surface area contributed by atoms with Gasteiger partial charge in [0.25, 0.3) is 5.91 Å². The zero-order valence-electron chi connectivity index (χ0n) is 13.9. The second kappa shape index (κ2) is 6.84. The van der Waals surface area contributed by atoms with Crippen molar-refractivity contribution in [3.05, 3.63) is 75.8 Å². The van der Waals surface area contributed by atoms with Gasteiger partial charge in [-0.15, -0.1) is 0 Å². The Balaban J connectivity index is 1.97. The summed E-state index contributed by atoms with van der Waals surface area (Å²) in [6.07, 6.45) is 0. The summed E-state index contributed by atoms with van der Waals surface area (Å²) < 4.78 is 13.7. The van der Waals surface area contributed by atoms with Gasteiger partial charge in [0.05, 0.1) is 11.4 Å². The number of para-hydroxylation sites is 1. The van der Waals surface area contributed by atoms with Crippen LogP contribution in [0, 0.1) is 11.7 Å². The minimum Gasteiger partial charge on any atom is -0.343 e. The summed E-state index contributed by atoms with van der Waals surface area (Å²) in [6.45, 7) is 3.96. The lowest BCUT2D eigenvalue weighted by Gasteiger charge is -2.22. The van der Waals surface area contributed by atoms with Crippen molar-refractivity contribution in [3.63, 3.8) is 0 Å². The Kier molecular flexibility index (Phi) is 4.61. The number of aromatic nitrogens is 2. The molecule has 2 N–H and O–H groups in total. The quantitative estimate of drug-likeness (QED) is 0.766. The van der Waals surface area contributed by atoms with Crippen molar-refractivity contribution in [1.29, 1.82) is 0 Å². The van der Waals surface area contributed by atoms with E-state index in [1.54, 1.807) is 0 Å². The minimum atomic E-state index is -0.596. The molecule has 5 nitrogen and oxygen atoms in total. The van der Waals surface area contributed by atoms with Crippen LogP contribution in [0.3, 0.4) is 0 Å². The van der Waals surface area contributed by atoms with Crippen molar-refractivity contribution in [3.8, 4) is 0 Å². The average molecular weight is 339 g/mol. The van der Waals surface area contributed by atoms with Crippen LogP contribution >= 0.6 is 0 Å². The Hall–Kier alpha value is -3.02. The Morgan fingerprint density at radius 1 is 1.12 bits per heavy atom. The van der Waals surface area contributed by atoms with Crippen LogP contribution in [0.15, 0.2) is 53.3 Å². The first-order valence-corrected chi connectivity index (χ1v) is 8.01. The number of nitrogens with one attached hydrogen (secondary N) is 2. The highest BCUT2D eigenvalue weighted by Gasteiger charge is 2.22. The van der Waals surface area contributed by atoms with Gasteiger partial charge in [-0.2, -0.15) is 5.10 Å². The van der Waals surface area contributed by atoms with Crippen LogP contribution in [0.25, 0.3) is 10.9 Å². The number of aromatic amines is 1. The van der Waals surface area contributed by atoms with Crippen molar-refractivity contribution in [2.45, 2.75) is 19.9 Å². The van der Waals surface area contributed by atoms with E-state index in [0.717, 1.165) is 5.56 Å². The van der Waals surface area contributed by atoms with E-state index in [9.17, 15) is 14.0 Å². The molecule has 2 aromatic carbocycles. The van der Waals surface area contributed by atoms with Crippen LogP contribution in [0.5, 0.6) is 0 Å². The van der Waals surface area contributed by atoms with Gasteiger partial charge in [-0.25, -0.2) is 4.39 Å². The molecule has 1 atom stereocenters. The maximum atomic E-state index is 13.7. The summed E-state index contributed by atoms with van der Waals surface area (Å²) >= 11 is 0. The number of H-pyrrole nitrogens is 1. The number of carbonyl (C=O) groups excluding carboxylic acids is 1. The third-order valence-corrected chi connectivity index (χ3v) is 4.08. The molecule has 0 saturated heterocycles. The molecule has 1 heterocycles. The van der Waals surface area contributed by atoms with E-state index >= 15 is 0 Å². The fraction of sp³-hybridized carbons (Fsp3) is 0.211. The summed E-state index contributed by atoms with van der Waals surface area (Å²) in [4.78, 5) is 25.1. The predicted octanol–water partition coefficient (Wildman–Crippen LogP) is 3.19. The van der Waals surface area contributed by atoms with E-state index in [1.165, 1.54) is 18.2 Å². The normalized spacial score (nSPS) is 12.3. The second-order valence-electron chi connectivity index (χ2n) is 6.17. The zero-order chi connectivity index (χ0) is 18.0. The summed E-state index contributed by atoms with van der Waals surface area (Å²) in [5.74, 6) is -1.06. The smallest absolute Gasteiger partial charge is 0.276 e. The molecule has 128 valence electrons. The minimum absolute atomic E-state index is 0.00693. The number of benzene rings is 2. The largest absolute Gasteiger partial charge is 0.343 e. The van der Waals surface area contributed by atoms with Gasteiger partial charge in [0.1, 0.15) is 11.3 Å². The van der Waals surface area contributed by atoms with Crippen molar-refractivity contribution in [1.82, 2.24) is 15.5 Å². The standard InChI is InChI=1S/C19H18FN3O2/c1-11(2)15(12-7-4-3-5-8-12)21-19(25)17-18(24)13-9-6-10-14(20)16(13)22-23-17/h3-11,15H,1-2H3,(H,21,25)(H,22,24). The molecule has 1 aromatic heterocycles. The van der Waals surface area contributed by atoms with Gasteiger partial charge >= 0.3 is 0 Å². The van der Waals surface area contributed by atoms with Crippen molar-refractivity contribution < 1.29 is 9.18 Å². The molecule has 0 radical (unpaired) electrons. The average Bonchev–Trinajstić information content (AvgIpc) is 2.61. The molecule has 0 aliphatic heterocycles. The van der Waals surface area contributed by atoms with Gasteiger partial charge in [-0.1, -0.05) is 50.2 Å². The summed E-state index contributed by atoms with van der Waals surface area (Å²) in [5, 5.41) is 9.20. The van der Waals surface area contributed by atoms with E-state index in [2.05, 4.69) is 15.5 Å². The van der Waals surface area contributed by atoms with Crippen molar-refractivity contribution in [2.75, 3.05) is 0 Å². The number of carbonyl (C=O) groups is 1. The van der Waals surface area contributed by atoms with Gasteiger partial charge in [0, 0.05) is 0 Å². The summed E-state index contributed by atoms with van der Waals surface area (Å²) in [7, 11) is 0. The predicted molar refractivity (Wildman–Crippen MR) is 93.8 cm³/mol. The Labute approximate surface area is 143 Å². The highest BCUT2D eigenvalue weighted by atomic mass is 19.1. The topological polar surface area (TPSA) is 74.8 Å². The van der Waals surface area contributed by atoms with Crippen LogP contribution in [0.4, 0.5) is 4.39 Å². The molecule has 3 aromatic rings. The number of rotatable bonds is 4. The summed E-state index contributed by atoms with van der Waals surface area (Å²) in [5.41, 5.74) is 0.0580. The molecule has 6 heteroatoms. The number of amides is 1. The van der Waals surface area contributed by atoms with Crippen LogP contribution < -0.4 is 10.7 Å². The maximum absolute atomic E-state index is 13.7. The third kappa shape index (κ3) is 3.28. The first-order valence-electron chi connectivity index (χ1n) is 8.01.